The highest BCUT2D eigenvalue weighted by Gasteiger charge is 2.38. The maximum absolute atomic E-state index is 14.7. The Morgan fingerprint density at radius 3 is 1.03 bits per heavy atom. The zero-order chi connectivity index (χ0) is 57.7. The van der Waals surface area contributed by atoms with E-state index >= 15 is 0 Å². The molecule has 12 heteroatoms. The number of rotatable bonds is 6. The fourth-order valence-corrected chi connectivity index (χ4v) is 13.4. The van der Waals surface area contributed by atoms with Gasteiger partial charge in [0.2, 0.25) is 0 Å². The summed E-state index contributed by atoms with van der Waals surface area (Å²) in [7, 11) is 0. The molecule has 6 nitrogen and oxygen atoms in total. The van der Waals surface area contributed by atoms with E-state index in [4.69, 9.17) is 9.97 Å². The molecular weight excluding hydrogens is 1090 g/mol. The summed E-state index contributed by atoms with van der Waals surface area (Å²) in [4.78, 5) is 10.4. The third-order valence-electron chi connectivity index (χ3n) is 17.1. The minimum absolute atomic E-state index is 0.0804. The van der Waals surface area contributed by atoms with Crippen molar-refractivity contribution in [2.75, 3.05) is 0 Å². The summed E-state index contributed by atoms with van der Waals surface area (Å²) < 4.78 is 97.5. The number of benzene rings is 12. The molecule has 410 valence electrons. The summed E-state index contributed by atoms with van der Waals surface area (Å²) in [5.74, 6) is 0.0989. The predicted octanol–water partition coefficient (Wildman–Crippen LogP) is 20.5. The number of para-hydroxylation sites is 6. The largest absolute Gasteiger partial charge is 0.416 e. The van der Waals surface area contributed by atoms with Crippen molar-refractivity contribution in [2.24, 2.45) is 0 Å². The van der Waals surface area contributed by atoms with E-state index in [1.165, 1.54) is 0 Å². The molecule has 0 radical (unpaired) electrons. The molecule has 17 rings (SSSR count). The molecule has 0 spiro atoms. The highest BCUT2D eigenvalue weighted by molar-refractivity contribution is 6.15. The van der Waals surface area contributed by atoms with Gasteiger partial charge in [0, 0.05) is 87.7 Å². The van der Waals surface area contributed by atoms with Gasteiger partial charge in [-0.25, -0.2) is 9.97 Å². The fraction of sp³-hybridized carbons (Fsp3) is 0.0270. The molecule has 17 aromatic rings. The van der Waals surface area contributed by atoms with Crippen LogP contribution in [0.5, 0.6) is 0 Å². The number of hydrogen-bond acceptors (Lipinski definition) is 2. The molecule has 0 aliphatic carbocycles. The van der Waals surface area contributed by atoms with Gasteiger partial charge in [-0.05, 0) is 121 Å². The van der Waals surface area contributed by atoms with Gasteiger partial charge in [-0.1, -0.05) is 140 Å². The van der Waals surface area contributed by atoms with Gasteiger partial charge >= 0.3 is 12.4 Å². The van der Waals surface area contributed by atoms with Gasteiger partial charge in [0.25, 0.3) is 0 Å². The molecular formula is C74H42F6N6. The van der Waals surface area contributed by atoms with Crippen LogP contribution < -0.4 is 0 Å². The van der Waals surface area contributed by atoms with Crippen LogP contribution in [0.1, 0.15) is 11.1 Å². The highest BCUT2D eigenvalue weighted by atomic mass is 19.4. The molecule has 0 amide bonds. The average Bonchev–Trinajstić information content (AvgIpc) is 1.83. The molecule has 0 atom stereocenters. The Bertz CT molecular complexity index is 5330. The summed E-state index contributed by atoms with van der Waals surface area (Å²) >= 11 is 0. The monoisotopic (exact) mass is 1130 g/mol. The van der Waals surface area contributed by atoms with Crippen molar-refractivity contribution in [3.63, 3.8) is 0 Å². The third kappa shape index (κ3) is 7.48. The zero-order valence-corrected chi connectivity index (χ0v) is 45.2. The van der Waals surface area contributed by atoms with Gasteiger partial charge < -0.3 is 18.3 Å². The van der Waals surface area contributed by atoms with Gasteiger partial charge in [0.15, 0.2) is 5.82 Å². The van der Waals surface area contributed by atoms with E-state index in [0.29, 0.717) is 33.2 Å². The van der Waals surface area contributed by atoms with Gasteiger partial charge in [-0.3, -0.25) is 0 Å². The number of halogens is 6. The lowest BCUT2D eigenvalue weighted by molar-refractivity contribution is -0.143. The molecule has 0 N–H and O–H groups in total. The number of aromatic nitrogens is 6. The Balaban J connectivity index is 0.958. The number of fused-ring (bicyclic) bond motifs is 15. The van der Waals surface area contributed by atoms with Crippen molar-refractivity contribution >= 4 is 109 Å². The quantitative estimate of drug-likeness (QED) is 0.123. The van der Waals surface area contributed by atoms with Crippen LogP contribution in [0.15, 0.2) is 255 Å². The molecule has 0 saturated heterocycles. The molecule has 0 saturated carbocycles. The third-order valence-corrected chi connectivity index (χ3v) is 17.1. The minimum atomic E-state index is -5.10. The van der Waals surface area contributed by atoms with Crippen molar-refractivity contribution in [1.82, 2.24) is 28.2 Å². The smallest absolute Gasteiger partial charge is 0.309 e. The second kappa shape index (κ2) is 18.3. The van der Waals surface area contributed by atoms with E-state index in [9.17, 15) is 26.3 Å². The van der Waals surface area contributed by atoms with E-state index in [2.05, 4.69) is 182 Å². The van der Waals surface area contributed by atoms with Crippen LogP contribution in [0.4, 0.5) is 26.3 Å². The SMILES string of the molecule is FC(F)(F)c1cc(-c2nc(-c3cc(-n4c5ccccc5c5cc(-n6c7ccccc7c7ccccc76)ccc54)cc(-n4c5ccccc5c5cc(-n6c7ccccc7c7ccccc76)ccc54)c3)nc3c2ccc2ccccc23)cc(C(F)(F)F)c1. The van der Waals surface area contributed by atoms with Gasteiger partial charge in [0.05, 0.1) is 66.5 Å². The van der Waals surface area contributed by atoms with Crippen molar-refractivity contribution in [1.29, 1.82) is 0 Å². The van der Waals surface area contributed by atoms with Crippen molar-refractivity contribution in [3.05, 3.63) is 266 Å². The highest BCUT2D eigenvalue weighted by Crippen LogP contribution is 2.45. The Kier molecular flexibility index (Phi) is 10.5. The number of nitrogens with zero attached hydrogens (tertiary/aromatic N) is 6. The summed E-state index contributed by atoms with van der Waals surface area (Å²) in [5, 5.41) is 10.3. The maximum atomic E-state index is 14.7. The van der Waals surface area contributed by atoms with E-state index in [1.54, 1.807) is 12.1 Å². The lowest BCUT2D eigenvalue weighted by Gasteiger charge is -2.18. The lowest BCUT2D eigenvalue weighted by Crippen LogP contribution is -2.11. The van der Waals surface area contributed by atoms with Crippen LogP contribution >= 0.6 is 0 Å². The molecule has 0 unspecified atom stereocenters. The van der Waals surface area contributed by atoms with E-state index in [1.807, 2.05) is 60.7 Å². The Hall–Kier alpha value is -11.0. The number of hydrogen-bond donors (Lipinski definition) is 0. The molecule has 0 bridgehead atoms. The van der Waals surface area contributed by atoms with E-state index in [0.717, 1.165) is 116 Å². The molecule has 0 aliphatic rings. The zero-order valence-electron chi connectivity index (χ0n) is 45.2. The van der Waals surface area contributed by atoms with Crippen molar-refractivity contribution in [3.8, 4) is 45.4 Å². The van der Waals surface area contributed by atoms with Crippen LogP contribution in [0.3, 0.4) is 0 Å². The lowest BCUT2D eigenvalue weighted by atomic mass is 9.98. The van der Waals surface area contributed by atoms with Gasteiger partial charge in [-0.15, -0.1) is 0 Å². The fourth-order valence-electron chi connectivity index (χ4n) is 13.4. The first-order valence-electron chi connectivity index (χ1n) is 28.1. The summed E-state index contributed by atoms with van der Waals surface area (Å²) in [5.41, 5.74) is 8.78. The minimum Gasteiger partial charge on any atom is -0.309 e. The van der Waals surface area contributed by atoms with E-state index in [-0.39, 0.29) is 23.1 Å². The normalized spacial score (nSPS) is 12.5. The average molecular weight is 1130 g/mol. The van der Waals surface area contributed by atoms with Crippen LogP contribution in [0, 0.1) is 0 Å². The molecule has 86 heavy (non-hydrogen) atoms. The first-order valence-corrected chi connectivity index (χ1v) is 28.1. The van der Waals surface area contributed by atoms with E-state index < -0.39 is 23.5 Å². The second-order valence-corrected chi connectivity index (χ2v) is 22.0. The first-order chi connectivity index (χ1) is 41.9. The second-order valence-electron chi connectivity index (χ2n) is 22.0. The Morgan fingerprint density at radius 1 is 0.256 bits per heavy atom. The summed E-state index contributed by atoms with van der Waals surface area (Å²) in [6.45, 7) is 0. The van der Waals surface area contributed by atoms with Gasteiger partial charge in [0.1, 0.15) is 0 Å². The molecule has 0 fully saturated rings. The topological polar surface area (TPSA) is 45.5 Å². The Labute approximate surface area is 484 Å². The summed E-state index contributed by atoms with van der Waals surface area (Å²) in [6, 6.07) is 81.7. The van der Waals surface area contributed by atoms with Crippen molar-refractivity contribution in [2.45, 2.75) is 12.4 Å². The van der Waals surface area contributed by atoms with Crippen LogP contribution in [-0.2, 0) is 12.4 Å². The first kappa shape index (κ1) is 49.6. The van der Waals surface area contributed by atoms with Crippen LogP contribution in [0.2, 0.25) is 0 Å². The summed E-state index contributed by atoms with van der Waals surface area (Å²) in [6.07, 6.45) is -10.2. The standard InChI is InChI=1S/C74H42F6N6/c75-73(76,77)46-35-44(36-47(39-46)74(78,79)80)70-59-32-29-43-15-1-2-16-52(43)71(59)82-72(81-70)45-37-50(85-66-27-13-7-21-57(66)60-41-48(30-33-68(60)85)83-62-23-9-3-17-53(62)54-18-4-10-24-63(54)83)40-51(38-45)86-67-28-14-8-22-58(67)61-42-49(31-34-69(61)86)84-64-25-11-5-19-55(64)56-20-6-12-26-65(56)84/h1-42H. The maximum Gasteiger partial charge on any atom is 0.416 e. The molecule has 12 aromatic carbocycles. The number of alkyl halides is 6. The molecule has 0 aliphatic heterocycles. The molecule has 5 heterocycles. The van der Waals surface area contributed by atoms with Crippen molar-refractivity contribution < 1.29 is 26.3 Å². The Morgan fingerprint density at radius 2 is 0.616 bits per heavy atom. The van der Waals surface area contributed by atoms with Crippen LogP contribution in [0.25, 0.3) is 154 Å². The predicted molar refractivity (Wildman–Crippen MR) is 335 cm³/mol. The molecule has 5 aromatic heterocycles. The van der Waals surface area contributed by atoms with Crippen LogP contribution in [-0.4, -0.2) is 28.2 Å². The van der Waals surface area contributed by atoms with Gasteiger partial charge in [-0.2, -0.15) is 26.3 Å².